The molecule has 0 unspecified atom stereocenters. The van der Waals surface area contributed by atoms with Crippen LogP contribution in [0.5, 0.6) is 17.2 Å². The number of hydrazone groups is 1. The van der Waals surface area contributed by atoms with Gasteiger partial charge in [0.2, 0.25) is 6.23 Å². The van der Waals surface area contributed by atoms with Gasteiger partial charge in [0.1, 0.15) is 5.75 Å². The predicted octanol–water partition coefficient (Wildman–Crippen LogP) is 5.61. The van der Waals surface area contributed by atoms with Crippen molar-refractivity contribution in [2.45, 2.75) is 25.6 Å². The van der Waals surface area contributed by atoms with Crippen molar-refractivity contribution in [3.8, 4) is 17.2 Å². The third-order valence-electron chi connectivity index (χ3n) is 5.73. The lowest BCUT2D eigenvalue weighted by Crippen LogP contribution is -2.34. The summed E-state index contributed by atoms with van der Waals surface area (Å²) >= 11 is 0. The lowest BCUT2D eigenvalue weighted by atomic mass is 9.95. The van der Waals surface area contributed by atoms with Crippen molar-refractivity contribution in [2.75, 3.05) is 13.7 Å². The molecule has 7 heteroatoms. The molecule has 2 aliphatic rings. The summed E-state index contributed by atoms with van der Waals surface area (Å²) in [5.41, 5.74) is 3.26. The zero-order chi connectivity index (χ0) is 22.2. The van der Waals surface area contributed by atoms with Crippen LogP contribution in [0.4, 0.5) is 8.78 Å². The standard InChI is InChI=1S/C25H22F2N2O3/c1-3-31-17-10-7-15(8-11-17)21-14-22-18-5-4-6-23(30-2)24(18)32-25(29(22)28-21)16-9-12-19(26)20(27)13-16/h4-13,22,25H,3,14H2,1-2H3/t22-,25-/m0/s1. The fourth-order valence-corrected chi connectivity index (χ4v) is 4.22. The first-order chi connectivity index (χ1) is 15.6. The average molecular weight is 436 g/mol. The summed E-state index contributed by atoms with van der Waals surface area (Å²) in [6.45, 7) is 2.54. The van der Waals surface area contributed by atoms with Crippen LogP contribution in [0.2, 0.25) is 0 Å². The molecular weight excluding hydrogens is 414 g/mol. The van der Waals surface area contributed by atoms with E-state index in [0.29, 0.717) is 30.1 Å². The van der Waals surface area contributed by atoms with Crippen LogP contribution in [0.15, 0.2) is 65.8 Å². The van der Waals surface area contributed by atoms with Crippen molar-refractivity contribution in [1.29, 1.82) is 0 Å². The number of ether oxygens (including phenoxy) is 3. The Hall–Kier alpha value is -3.61. The third kappa shape index (κ3) is 3.43. The Balaban J connectivity index is 1.57. The Kier molecular flexibility index (Phi) is 5.17. The van der Waals surface area contributed by atoms with Crippen molar-refractivity contribution in [1.82, 2.24) is 5.01 Å². The van der Waals surface area contributed by atoms with E-state index in [1.807, 2.05) is 54.4 Å². The Morgan fingerprint density at radius 1 is 1.06 bits per heavy atom. The van der Waals surface area contributed by atoms with Crippen LogP contribution in [0.3, 0.4) is 0 Å². The molecular formula is C25H22F2N2O3. The molecule has 2 atom stereocenters. The van der Waals surface area contributed by atoms with Crippen LogP contribution in [0.1, 0.15) is 42.3 Å². The second-order valence-corrected chi connectivity index (χ2v) is 7.63. The highest BCUT2D eigenvalue weighted by molar-refractivity contribution is 6.02. The average Bonchev–Trinajstić information content (AvgIpc) is 3.26. The van der Waals surface area contributed by atoms with Crippen LogP contribution in [-0.2, 0) is 0 Å². The molecule has 2 aliphatic heterocycles. The first kappa shape index (κ1) is 20.3. The number of para-hydroxylation sites is 1. The number of rotatable bonds is 5. The fourth-order valence-electron chi connectivity index (χ4n) is 4.22. The van der Waals surface area contributed by atoms with Gasteiger partial charge in [-0.25, -0.2) is 13.8 Å². The van der Waals surface area contributed by atoms with Gasteiger partial charge < -0.3 is 14.2 Å². The highest BCUT2D eigenvalue weighted by atomic mass is 19.2. The molecule has 0 saturated carbocycles. The minimum Gasteiger partial charge on any atom is -0.494 e. The summed E-state index contributed by atoms with van der Waals surface area (Å²) in [7, 11) is 1.58. The van der Waals surface area contributed by atoms with Crippen molar-refractivity contribution < 1.29 is 23.0 Å². The van der Waals surface area contributed by atoms with Crippen molar-refractivity contribution in [2.24, 2.45) is 5.10 Å². The minimum atomic E-state index is -0.927. The van der Waals surface area contributed by atoms with E-state index in [-0.39, 0.29) is 6.04 Å². The Bertz CT molecular complexity index is 1180. The Morgan fingerprint density at radius 2 is 1.88 bits per heavy atom. The lowest BCUT2D eigenvalue weighted by molar-refractivity contribution is -0.0211. The number of halogens is 2. The molecule has 0 aromatic heterocycles. The van der Waals surface area contributed by atoms with Gasteiger partial charge in [-0.3, -0.25) is 0 Å². The van der Waals surface area contributed by atoms with Gasteiger partial charge in [0.25, 0.3) is 0 Å². The van der Waals surface area contributed by atoms with E-state index in [0.717, 1.165) is 34.7 Å². The number of benzene rings is 3. The summed E-state index contributed by atoms with van der Waals surface area (Å²) in [4.78, 5) is 0. The molecule has 5 nitrogen and oxygen atoms in total. The lowest BCUT2D eigenvalue weighted by Gasteiger charge is -2.38. The van der Waals surface area contributed by atoms with Gasteiger partial charge in [-0.1, -0.05) is 18.2 Å². The third-order valence-corrected chi connectivity index (χ3v) is 5.73. The molecule has 0 saturated heterocycles. The van der Waals surface area contributed by atoms with E-state index in [1.165, 1.54) is 6.07 Å². The Labute approximate surface area is 184 Å². The van der Waals surface area contributed by atoms with Crippen LogP contribution in [0.25, 0.3) is 0 Å². The highest BCUT2D eigenvalue weighted by Gasteiger charge is 2.42. The molecule has 0 N–H and O–H groups in total. The van der Waals surface area contributed by atoms with E-state index in [9.17, 15) is 8.78 Å². The van der Waals surface area contributed by atoms with E-state index in [4.69, 9.17) is 19.3 Å². The molecule has 2 heterocycles. The second-order valence-electron chi connectivity index (χ2n) is 7.63. The highest BCUT2D eigenvalue weighted by Crippen LogP contribution is 2.50. The number of hydrogen-bond donors (Lipinski definition) is 0. The van der Waals surface area contributed by atoms with Crippen molar-refractivity contribution in [3.63, 3.8) is 0 Å². The SMILES string of the molecule is CCOc1ccc(C2=NN3[C@@H](C2)c2cccc(OC)c2O[C@H]3c2ccc(F)c(F)c2)cc1. The van der Waals surface area contributed by atoms with Gasteiger partial charge in [0, 0.05) is 17.5 Å². The maximum atomic E-state index is 14.0. The maximum Gasteiger partial charge on any atom is 0.214 e. The molecule has 3 aromatic carbocycles. The van der Waals surface area contributed by atoms with Gasteiger partial charge in [0.05, 0.1) is 25.5 Å². The van der Waals surface area contributed by atoms with Crippen LogP contribution < -0.4 is 14.2 Å². The van der Waals surface area contributed by atoms with E-state index in [1.54, 1.807) is 7.11 Å². The number of methoxy groups -OCH3 is 1. The summed E-state index contributed by atoms with van der Waals surface area (Å²) in [5, 5.41) is 6.67. The second kappa shape index (κ2) is 8.15. The predicted molar refractivity (Wildman–Crippen MR) is 116 cm³/mol. The van der Waals surface area contributed by atoms with Gasteiger partial charge in [-0.15, -0.1) is 0 Å². The molecule has 0 aliphatic carbocycles. The maximum absolute atomic E-state index is 14.0. The molecule has 164 valence electrons. The van der Waals surface area contributed by atoms with E-state index >= 15 is 0 Å². The topological polar surface area (TPSA) is 43.3 Å². The van der Waals surface area contributed by atoms with Gasteiger partial charge in [0.15, 0.2) is 23.1 Å². The zero-order valence-corrected chi connectivity index (χ0v) is 17.7. The van der Waals surface area contributed by atoms with Crippen LogP contribution in [-0.4, -0.2) is 24.4 Å². The quantitative estimate of drug-likeness (QED) is 0.521. The van der Waals surface area contributed by atoms with Gasteiger partial charge >= 0.3 is 0 Å². The fraction of sp³-hybridized carbons (Fsp3) is 0.240. The first-order valence-corrected chi connectivity index (χ1v) is 10.5. The Morgan fingerprint density at radius 3 is 2.59 bits per heavy atom. The number of hydrogen-bond acceptors (Lipinski definition) is 5. The monoisotopic (exact) mass is 436 g/mol. The molecule has 3 aromatic rings. The van der Waals surface area contributed by atoms with Crippen molar-refractivity contribution >= 4 is 5.71 Å². The molecule has 0 spiro atoms. The van der Waals surface area contributed by atoms with Gasteiger partial charge in [-0.2, -0.15) is 5.10 Å². The number of nitrogens with zero attached hydrogens (tertiary/aromatic N) is 2. The zero-order valence-electron chi connectivity index (χ0n) is 17.7. The largest absolute Gasteiger partial charge is 0.494 e. The summed E-state index contributed by atoms with van der Waals surface area (Å²) in [6, 6.07) is 17.1. The molecule has 5 rings (SSSR count). The summed E-state index contributed by atoms with van der Waals surface area (Å²) in [5.74, 6) is 0.145. The normalized spacial score (nSPS) is 19.0. The molecule has 0 radical (unpaired) electrons. The molecule has 0 fully saturated rings. The first-order valence-electron chi connectivity index (χ1n) is 10.5. The molecule has 32 heavy (non-hydrogen) atoms. The van der Waals surface area contributed by atoms with Crippen LogP contribution in [0, 0.1) is 11.6 Å². The van der Waals surface area contributed by atoms with E-state index in [2.05, 4.69) is 0 Å². The minimum absolute atomic E-state index is 0.131. The number of fused-ring (bicyclic) bond motifs is 3. The molecule has 0 amide bonds. The summed E-state index contributed by atoms with van der Waals surface area (Å²) < 4.78 is 44.9. The van der Waals surface area contributed by atoms with E-state index < -0.39 is 17.9 Å². The van der Waals surface area contributed by atoms with Gasteiger partial charge in [-0.05, 0) is 55.0 Å². The smallest absolute Gasteiger partial charge is 0.214 e. The van der Waals surface area contributed by atoms with Crippen LogP contribution >= 0.6 is 0 Å². The molecule has 0 bridgehead atoms. The summed E-state index contributed by atoms with van der Waals surface area (Å²) in [6.07, 6.45) is -0.0865. The van der Waals surface area contributed by atoms with Crippen molar-refractivity contribution in [3.05, 3.63) is 89.0 Å².